The fourth-order valence-electron chi connectivity index (χ4n) is 2.84. The van der Waals surface area contributed by atoms with Crippen molar-refractivity contribution in [2.45, 2.75) is 26.1 Å². The minimum absolute atomic E-state index is 0.195. The zero-order valence-corrected chi connectivity index (χ0v) is 14.5. The molecule has 1 aromatic carbocycles. The van der Waals surface area contributed by atoms with E-state index in [0.29, 0.717) is 16.8 Å². The second-order valence-electron chi connectivity index (χ2n) is 6.07. The van der Waals surface area contributed by atoms with E-state index in [1.165, 1.54) is 24.3 Å². The highest BCUT2D eigenvalue weighted by molar-refractivity contribution is 6.06. The van der Waals surface area contributed by atoms with Gasteiger partial charge in [0.2, 0.25) is 0 Å². The van der Waals surface area contributed by atoms with Crippen LogP contribution in [0.25, 0.3) is 11.1 Å². The van der Waals surface area contributed by atoms with Gasteiger partial charge in [-0.1, -0.05) is 23.4 Å². The predicted octanol–water partition coefficient (Wildman–Crippen LogP) is 3.32. The van der Waals surface area contributed by atoms with Gasteiger partial charge in [0.05, 0.1) is 28.3 Å². The van der Waals surface area contributed by atoms with E-state index < -0.39 is 23.8 Å². The highest BCUT2D eigenvalue weighted by atomic mass is 19.4. The number of halogens is 3. The van der Waals surface area contributed by atoms with Crippen LogP contribution in [0.5, 0.6) is 0 Å². The fraction of sp³-hybridized carbons (Fsp3) is 0.278. The van der Waals surface area contributed by atoms with Crippen LogP contribution in [0.1, 0.15) is 39.0 Å². The maximum atomic E-state index is 13.1. The SMILES string of the molecule is Cc1cc(C(=O)NC[C@@H](O)c2ccccc2C(F)(F)F)c2c(C)noc2n1. The van der Waals surface area contributed by atoms with Crippen LogP contribution in [0.3, 0.4) is 0 Å². The molecule has 1 atom stereocenters. The molecule has 1 amide bonds. The van der Waals surface area contributed by atoms with Crippen molar-refractivity contribution in [1.29, 1.82) is 0 Å². The number of aliphatic hydroxyl groups excluding tert-OH is 1. The number of pyridine rings is 1. The second kappa shape index (κ2) is 6.99. The van der Waals surface area contributed by atoms with E-state index >= 15 is 0 Å². The second-order valence-corrected chi connectivity index (χ2v) is 6.07. The zero-order valence-electron chi connectivity index (χ0n) is 14.5. The van der Waals surface area contributed by atoms with Gasteiger partial charge in [0.15, 0.2) is 0 Å². The third kappa shape index (κ3) is 3.77. The summed E-state index contributed by atoms with van der Waals surface area (Å²) in [6.07, 6.45) is -6.12. The van der Waals surface area contributed by atoms with E-state index in [2.05, 4.69) is 15.5 Å². The predicted molar refractivity (Wildman–Crippen MR) is 90.0 cm³/mol. The van der Waals surface area contributed by atoms with E-state index in [9.17, 15) is 23.1 Å². The summed E-state index contributed by atoms with van der Waals surface area (Å²) in [6.45, 7) is 2.93. The van der Waals surface area contributed by atoms with Gasteiger partial charge in [-0.3, -0.25) is 4.79 Å². The Bertz CT molecular complexity index is 998. The number of aryl methyl sites for hydroxylation is 2. The molecule has 0 unspecified atom stereocenters. The lowest BCUT2D eigenvalue weighted by Crippen LogP contribution is -2.29. The molecule has 2 N–H and O–H groups in total. The van der Waals surface area contributed by atoms with Crippen LogP contribution in [-0.4, -0.2) is 27.7 Å². The summed E-state index contributed by atoms with van der Waals surface area (Å²) in [5, 5.41) is 16.8. The number of carbonyl (C=O) groups is 1. The monoisotopic (exact) mass is 379 g/mol. The minimum atomic E-state index is -4.60. The Kier molecular flexibility index (Phi) is 4.88. The molecule has 27 heavy (non-hydrogen) atoms. The Balaban J connectivity index is 1.82. The number of nitrogens with zero attached hydrogens (tertiary/aromatic N) is 2. The molecular formula is C18H16F3N3O3. The van der Waals surface area contributed by atoms with Gasteiger partial charge < -0.3 is 14.9 Å². The summed E-state index contributed by atoms with van der Waals surface area (Å²) in [5.74, 6) is -0.569. The van der Waals surface area contributed by atoms with Crippen molar-refractivity contribution in [3.63, 3.8) is 0 Å². The molecule has 9 heteroatoms. The van der Waals surface area contributed by atoms with E-state index in [1.54, 1.807) is 13.8 Å². The lowest BCUT2D eigenvalue weighted by molar-refractivity contribution is -0.139. The molecule has 0 saturated carbocycles. The number of alkyl halides is 3. The fourth-order valence-corrected chi connectivity index (χ4v) is 2.84. The molecule has 0 saturated heterocycles. The molecule has 3 aromatic rings. The number of rotatable bonds is 4. The highest BCUT2D eigenvalue weighted by Gasteiger charge is 2.34. The summed E-state index contributed by atoms with van der Waals surface area (Å²) < 4.78 is 44.3. The lowest BCUT2D eigenvalue weighted by Gasteiger charge is -2.18. The quantitative estimate of drug-likeness (QED) is 0.726. The van der Waals surface area contributed by atoms with Crippen molar-refractivity contribution in [2.75, 3.05) is 6.54 Å². The first kappa shape index (κ1) is 18.8. The van der Waals surface area contributed by atoms with Crippen molar-refractivity contribution in [3.05, 3.63) is 58.4 Å². The number of amides is 1. The molecule has 6 nitrogen and oxygen atoms in total. The summed E-state index contributed by atoms with van der Waals surface area (Å²) in [7, 11) is 0. The Morgan fingerprint density at radius 3 is 2.70 bits per heavy atom. The third-order valence-electron chi connectivity index (χ3n) is 4.07. The topological polar surface area (TPSA) is 88.2 Å². The van der Waals surface area contributed by atoms with E-state index in [4.69, 9.17) is 4.52 Å². The molecular weight excluding hydrogens is 363 g/mol. The first-order valence-corrected chi connectivity index (χ1v) is 8.04. The van der Waals surface area contributed by atoms with Gasteiger partial charge in [0.25, 0.3) is 11.6 Å². The maximum Gasteiger partial charge on any atom is 0.416 e. The smallest absolute Gasteiger partial charge is 0.387 e. The highest BCUT2D eigenvalue weighted by Crippen LogP contribution is 2.34. The molecule has 0 aliphatic rings. The molecule has 0 radical (unpaired) electrons. The molecule has 3 rings (SSSR count). The molecule has 0 aliphatic carbocycles. The Hall–Kier alpha value is -2.94. The van der Waals surface area contributed by atoms with Gasteiger partial charge >= 0.3 is 6.18 Å². The van der Waals surface area contributed by atoms with Crippen molar-refractivity contribution < 1.29 is 27.6 Å². The van der Waals surface area contributed by atoms with Gasteiger partial charge in [-0.05, 0) is 31.5 Å². The molecule has 2 heterocycles. The number of benzene rings is 1. The summed E-state index contributed by atoms with van der Waals surface area (Å²) in [5.41, 5.74) is 0.164. The summed E-state index contributed by atoms with van der Waals surface area (Å²) in [4.78, 5) is 16.7. The maximum absolute atomic E-state index is 13.1. The van der Waals surface area contributed by atoms with Crippen LogP contribution in [0.15, 0.2) is 34.9 Å². The number of aromatic nitrogens is 2. The van der Waals surface area contributed by atoms with Crippen LogP contribution in [0.2, 0.25) is 0 Å². The first-order valence-electron chi connectivity index (χ1n) is 8.04. The largest absolute Gasteiger partial charge is 0.416 e. The summed E-state index contributed by atoms with van der Waals surface area (Å²) >= 11 is 0. The molecule has 0 spiro atoms. The van der Waals surface area contributed by atoms with Gasteiger partial charge in [-0.15, -0.1) is 0 Å². The number of hydrogen-bond acceptors (Lipinski definition) is 5. The van der Waals surface area contributed by atoms with Gasteiger partial charge in [0, 0.05) is 12.2 Å². The van der Waals surface area contributed by atoms with Crippen molar-refractivity contribution in [2.24, 2.45) is 0 Å². The zero-order chi connectivity index (χ0) is 19.8. The standard InChI is InChI=1S/C18H16F3N3O3/c1-9-7-12(15-10(2)24-27-17(15)23-9)16(26)22-8-14(25)11-5-3-4-6-13(11)18(19,20)21/h3-7,14,25H,8H2,1-2H3,(H,22,26)/t14-/m1/s1. The van der Waals surface area contributed by atoms with E-state index in [0.717, 1.165) is 6.07 Å². The molecule has 0 aliphatic heterocycles. The van der Waals surface area contributed by atoms with Crippen LogP contribution in [0.4, 0.5) is 13.2 Å². The minimum Gasteiger partial charge on any atom is -0.387 e. The average molecular weight is 379 g/mol. The van der Waals surface area contributed by atoms with Crippen LogP contribution >= 0.6 is 0 Å². The lowest BCUT2D eigenvalue weighted by atomic mass is 10.0. The Morgan fingerprint density at radius 1 is 1.30 bits per heavy atom. The number of fused-ring (bicyclic) bond motifs is 1. The van der Waals surface area contributed by atoms with E-state index in [-0.39, 0.29) is 23.4 Å². The van der Waals surface area contributed by atoms with Crippen LogP contribution in [-0.2, 0) is 6.18 Å². The van der Waals surface area contributed by atoms with Gasteiger partial charge in [-0.25, -0.2) is 4.98 Å². The van der Waals surface area contributed by atoms with Gasteiger partial charge in [0.1, 0.15) is 0 Å². The Labute approximate surface area is 152 Å². The number of carbonyl (C=O) groups excluding carboxylic acids is 1. The number of hydrogen-bond donors (Lipinski definition) is 2. The van der Waals surface area contributed by atoms with E-state index in [1.807, 2.05) is 0 Å². The average Bonchev–Trinajstić information content (AvgIpc) is 2.98. The Morgan fingerprint density at radius 2 is 2.00 bits per heavy atom. The molecule has 0 bridgehead atoms. The first-order chi connectivity index (χ1) is 12.7. The van der Waals surface area contributed by atoms with Crippen LogP contribution in [0, 0.1) is 13.8 Å². The normalized spacial score (nSPS) is 13.0. The van der Waals surface area contributed by atoms with Gasteiger partial charge in [-0.2, -0.15) is 13.2 Å². The molecule has 0 fully saturated rings. The number of nitrogens with one attached hydrogen (secondary N) is 1. The van der Waals surface area contributed by atoms with Crippen molar-refractivity contribution in [1.82, 2.24) is 15.5 Å². The summed E-state index contributed by atoms with van der Waals surface area (Å²) in [6, 6.07) is 6.22. The molecule has 2 aromatic heterocycles. The number of aliphatic hydroxyl groups is 1. The van der Waals surface area contributed by atoms with Crippen molar-refractivity contribution in [3.8, 4) is 0 Å². The molecule has 142 valence electrons. The van der Waals surface area contributed by atoms with Crippen LogP contribution < -0.4 is 5.32 Å². The van der Waals surface area contributed by atoms with Crippen molar-refractivity contribution >= 4 is 17.0 Å². The third-order valence-corrected chi connectivity index (χ3v) is 4.07.